The number of aryl methyl sites for hydroxylation is 1. The van der Waals surface area contributed by atoms with Crippen molar-refractivity contribution in [1.82, 2.24) is 9.78 Å². The van der Waals surface area contributed by atoms with Gasteiger partial charge in [0.15, 0.2) is 0 Å². The average Bonchev–Trinajstić information content (AvgIpc) is 2.63. The van der Waals surface area contributed by atoms with Crippen LogP contribution in [-0.4, -0.2) is 15.6 Å². The second-order valence-electron chi connectivity index (χ2n) is 3.51. The first-order valence-corrected chi connectivity index (χ1v) is 6.06. The van der Waals surface area contributed by atoms with E-state index < -0.39 is 0 Å². The van der Waals surface area contributed by atoms with Crippen LogP contribution in [0.5, 0.6) is 0 Å². The Balaban J connectivity index is 2.23. The molecular weight excluding hydrogens is 256 g/mol. The van der Waals surface area contributed by atoms with Gasteiger partial charge in [0.25, 0.3) is 0 Å². The normalized spacial score (nSPS) is 10.5. The zero-order chi connectivity index (χ0) is 12.4. The zero-order valence-electron chi connectivity index (χ0n) is 9.14. The van der Waals surface area contributed by atoms with Crippen molar-refractivity contribution < 1.29 is 0 Å². The van der Waals surface area contributed by atoms with Gasteiger partial charge in [-0.25, -0.2) is 0 Å². The molecule has 0 spiro atoms. The molecule has 0 saturated carbocycles. The molecule has 0 unspecified atom stereocenters. The van der Waals surface area contributed by atoms with E-state index in [1.165, 1.54) is 0 Å². The highest BCUT2D eigenvalue weighted by molar-refractivity contribution is 7.99. The largest absolute Gasteiger partial charge is 0.384 e. The van der Waals surface area contributed by atoms with Crippen LogP contribution in [0.4, 0.5) is 0 Å². The molecule has 0 aliphatic carbocycles. The predicted octanol–water partition coefficient (Wildman–Crippen LogP) is 2.51. The molecule has 0 saturated heterocycles. The van der Waals surface area contributed by atoms with Gasteiger partial charge in [-0.15, -0.1) is 0 Å². The highest BCUT2D eigenvalue weighted by Crippen LogP contribution is 2.30. The van der Waals surface area contributed by atoms with Crippen LogP contribution in [-0.2, 0) is 7.05 Å². The van der Waals surface area contributed by atoms with Crippen LogP contribution in [0.1, 0.15) is 5.56 Å². The summed E-state index contributed by atoms with van der Waals surface area (Å²) in [5, 5.41) is 11.9. The molecule has 1 aromatic carbocycles. The van der Waals surface area contributed by atoms with Crippen LogP contribution in [0.15, 0.2) is 40.4 Å². The van der Waals surface area contributed by atoms with Gasteiger partial charge in [-0.05, 0) is 18.2 Å². The van der Waals surface area contributed by atoms with Gasteiger partial charge < -0.3 is 5.73 Å². The van der Waals surface area contributed by atoms with Crippen LogP contribution in [0.2, 0.25) is 5.02 Å². The average molecular weight is 267 g/mol. The van der Waals surface area contributed by atoms with Crippen molar-refractivity contribution in [3.8, 4) is 0 Å². The summed E-state index contributed by atoms with van der Waals surface area (Å²) in [4.78, 5) is 2.03. The van der Waals surface area contributed by atoms with Crippen molar-refractivity contribution in [3.05, 3.63) is 41.2 Å². The summed E-state index contributed by atoms with van der Waals surface area (Å²) in [7, 11) is 1.87. The first-order valence-electron chi connectivity index (χ1n) is 4.86. The van der Waals surface area contributed by atoms with Gasteiger partial charge in [-0.2, -0.15) is 5.10 Å². The molecule has 0 bridgehead atoms. The molecule has 0 atom stereocenters. The summed E-state index contributed by atoms with van der Waals surface area (Å²) in [5.74, 6) is -0.0204. The molecule has 0 fully saturated rings. The molecule has 4 nitrogen and oxygen atoms in total. The summed E-state index contributed by atoms with van der Waals surface area (Å²) in [5.41, 5.74) is 5.96. The van der Waals surface area contributed by atoms with Crippen LogP contribution < -0.4 is 5.73 Å². The van der Waals surface area contributed by atoms with Crippen molar-refractivity contribution >= 4 is 29.2 Å². The number of hydrogen-bond acceptors (Lipinski definition) is 3. The van der Waals surface area contributed by atoms with Crippen LogP contribution in [0.3, 0.4) is 0 Å². The molecule has 1 aromatic heterocycles. The lowest BCUT2D eigenvalue weighted by Gasteiger charge is -2.04. The maximum atomic E-state index is 7.34. The Morgan fingerprint density at radius 2 is 2.24 bits per heavy atom. The molecule has 1 heterocycles. The van der Waals surface area contributed by atoms with Gasteiger partial charge in [0.2, 0.25) is 0 Å². The zero-order valence-corrected chi connectivity index (χ0v) is 10.7. The summed E-state index contributed by atoms with van der Waals surface area (Å²) in [6, 6.07) is 5.44. The van der Waals surface area contributed by atoms with E-state index in [-0.39, 0.29) is 5.84 Å². The fourth-order valence-electron chi connectivity index (χ4n) is 1.37. The van der Waals surface area contributed by atoms with E-state index in [0.717, 1.165) is 9.79 Å². The van der Waals surface area contributed by atoms with E-state index in [0.29, 0.717) is 10.6 Å². The molecule has 6 heteroatoms. The molecule has 0 radical (unpaired) electrons. The third-order valence-electron chi connectivity index (χ3n) is 2.15. The molecule has 17 heavy (non-hydrogen) atoms. The minimum atomic E-state index is -0.0204. The SMILES string of the molecule is Cn1cc(Sc2ccc(C(=N)N)c(Cl)c2)cn1. The Morgan fingerprint density at radius 3 is 2.76 bits per heavy atom. The Kier molecular flexibility index (Phi) is 3.40. The number of nitrogens with zero attached hydrogens (tertiary/aromatic N) is 2. The third kappa shape index (κ3) is 2.81. The Bertz CT molecular complexity index is 564. The standard InChI is InChI=1S/C11H11ClN4S/c1-16-6-8(5-15-16)17-7-2-3-9(11(13)14)10(12)4-7/h2-6H,1H3,(H3,13,14). The Labute approximate surface area is 108 Å². The summed E-state index contributed by atoms with van der Waals surface area (Å²) >= 11 is 7.60. The van der Waals surface area contributed by atoms with E-state index in [9.17, 15) is 0 Å². The lowest BCUT2D eigenvalue weighted by Crippen LogP contribution is -2.11. The molecule has 0 aliphatic heterocycles. The fraction of sp³-hybridized carbons (Fsp3) is 0.0909. The van der Waals surface area contributed by atoms with E-state index in [4.69, 9.17) is 22.7 Å². The molecular formula is C11H11ClN4S. The molecule has 2 rings (SSSR count). The maximum Gasteiger partial charge on any atom is 0.124 e. The lowest BCUT2D eigenvalue weighted by molar-refractivity contribution is 0.766. The minimum Gasteiger partial charge on any atom is -0.384 e. The number of hydrogen-bond donors (Lipinski definition) is 2. The number of nitrogens with one attached hydrogen (secondary N) is 1. The molecule has 3 N–H and O–H groups in total. The van der Waals surface area contributed by atoms with Crippen molar-refractivity contribution in [2.75, 3.05) is 0 Å². The van der Waals surface area contributed by atoms with E-state index in [2.05, 4.69) is 5.10 Å². The molecule has 2 aromatic rings. The monoisotopic (exact) mass is 266 g/mol. The van der Waals surface area contributed by atoms with Gasteiger partial charge in [-0.3, -0.25) is 10.1 Å². The maximum absolute atomic E-state index is 7.34. The van der Waals surface area contributed by atoms with Crippen molar-refractivity contribution in [2.24, 2.45) is 12.8 Å². The van der Waals surface area contributed by atoms with Crippen LogP contribution >= 0.6 is 23.4 Å². The van der Waals surface area contributed by atoms with Gasteiger partial charge in [0, 0.05) is 23.7 Å². The highest BCUT2D eigenvalue weighted by atomic mass is 35.5. The fourth-order valence-corrected chi connectivity index (χ4v) is 2.60. The van der Waals surface area contributed by atoms with Crippen LogP contribution in [0, 0.1) is 5.41 Å². The topological polar surface area (TPSA) is 67.7 Å². The first kappa shape index (κ1) is 12.0. The number of rotatable bonds is 3. The summed E-state index contributed by atoms with van der Waals surface area (Å²) < 4.78 is 1.74. The van der Waals surface area contributed by atoms with Crippen LogP contribution in [0.25, 0.3) is 0 Å². The number of halogens is 1. The minimum absolute atomic E-state index is 0.0204. The third-order valence-corrected chi connectivity index (χ3v) is 3.40. The number of nitrogens with two attached hydrogens (primary N) is 1. The van der Waals surface area contributed by atoms with E-state index >= 15 is 0 Å². The van der Waals surface area contributed by atoms with Gasteiger partial charge >= 0.3 is 0 Å². The lowest BCUT2D eigenvalue weighted by atomic mass is 10.2. The van der Waals surface area contributed by atoms with Gasteiger partial charge in [0.1, 0.15) is 5.84 Å². The predicted molar refractivity (Wildman–Crippen MR) is 69.8 cm³/mol. The summed E-state index contributed by atoms with van der Waals surface area (Å²) in [6.45, 7) is 0. The van der Waals surface area contributed by atoms with E-state index in [1.807, 2.05) is 19.3 Å². The Hall–Kier alpha value is -1.46. The molecule has 88 valence electrons. The van der Waals surface area contributed by atoms with E-state index in [1.54, 1.807) is 34.8 Å². The van der Waals surface area contributed by atoms with Crippen molar-refractivity contribution in [1.29, 1.82) is 5.41 Å². The smallest absolute Gasteiger partial charge is 0.124 e. The second-order valence-corrected chi connectivity index (χ2v) is 5.06. The van der Waals surface area contributed by atoms with Crippen molar-refractivity contribution in [3.63, 3.8) is 0 Å². The van der Waals surface area contributed by atoms with Gasteiger partial charge in [0.05, 0.1) is 16.1 Å². The van der Waals surface area contributed by atoms with Gasteiger partial charge in [-0.1, -0.05) is 23.4 Å². The summed E-state index contributed by atoms with van der Waals surface area (Å²) in [6.07, 6.45) is 3.72. The number of amidine groups is 1. The highest BCUT2D eigenvalue weighted by Gasteiger charge is 2.06. The Morgan fingerprint density at radius 1 is 1.47 bits per heavy atom. The quantitative estimate of drug-likeness (QED) is 0.663. The molecule has 0 aliphatic rings. The van der Waals surface area contributed by atoms with Crippen molar-refractivity contribution in [2.45, 2.75) is 9.79 Å². The number of nitrogen functional groups attached to an aromatic ring is 1. The first-order chi connectivity index (χ1) is 8.06. The number of benzene rings is 1. The second kappa shape index (κ2) is 4.81. The number of aromatic nitrogens is 2. The molecule has 0 amide bonds.